The van der Waals surface area contributed by atoms with E-state index >= 15 is 0 Å². The monoisotopic (exact) mass is 423 g/mol. The first-order valence-electron chi connectivity index (χ1n) is 7.82. The number of hydrogen-bond acceptors (Lipinski definition) is 2. The van der Waals surface area contributed by atoms with Gasteiger partial charge in [-0.25, -0.2) is 4.39 Å². The Morgan fingerprint density at radius 2 is 1.85 bits per heavy atom. The number of nitrogens with one attached hydrogen (secondary N) is 1. The van der Waals surface area contributed by atoms with Crippen molar-refractivity contribution in [1.82, 2.24) is 9.78 Å². The maximum Gasteiger partial charge on any atom is 0.249 e. The molecule has 8 heteroatoms. The molecule has 4 nitrogen and oxygen atoms in total. The molecule has 0 saturated carbocycles. The summed E-state index contributed by atoms with van der Waals surface area (Å²) < 4.78 is 14.4. The van der Waals surface area contributed by atoms with Crippen molar-refractivity contribution in [2.24, 2.45) is 0 Å². The van der Waals surface area contributed by atoms with Crippen LogP contribution in [0.15, 0.2) is 54.7 Å². The van der Waals surface area contributed by atoms with Crippen LogP contribution in [0.2, 0.25) is 15.1 Å². The van der Waals surface area contributed by atoms with Gasteiger partial charge >= 0.3 is 0 Å². The van der Waals surface area contributed by atoms with E-state index in [1.54, 1.807) is 47.3 Å². The minimum absolute atomic E-state index is 0.232. The molecule has 0 aliphatic heterocycles. The summed E-state index contributed by atoms with van der Waals surface area (Å²) in [6.45, 7) is 0.372. The summed E-state index contributed by atoms with van der Waals surface area (Å²) in [5.41, 5.74) is 1.51. The number of benzene rings is 2. The smallest absolute Gasteiger partial charge is 0.249 e. The number of nitrogens with zero attached hydrogens (tertiary/aromatic N) is 2. The summed E-state index contributed by atoms with van der Waals surface area (Å²) in [6.07, 6.45) is 4.47. The number of carbonyl (C=O) groups excluding carboxylic acids is 1. The topological polar surface area (TPSA) is 46.9 Å². The van der Waals surface area contributed by atoms with Crippen LogP contribution in [0.4, 0.5) is 10.2 Å². The van der Waals surface area contributed by atoms with E-state index < -0.39 is 5.91 Å². The minimum Gasteiger partial charge on any atom is -0.304 e. The predicted molar refractivity (Wildman–Crippen MR) is 107 cm³/mol. The van der Waals surface area contributed by atoms with Crippen LogP contribution in [-0.4, -0.2) is 15.7 Å². The molecule has 1 amide bonds. The van der Waals surface area contributed by atoms with Gasteiger partial charge < -0.3 is 5.32 Å². The number of rotatable bonds is 5. The van der Waals surface area contributed by atoms with Crippen molar-refractivity contribution in [3.05, 3.63) is 86.7 Å². The van der Waals surface area contributed by atoms with E-state index in [-0.39, 0.29) is 11.6 Å². The number of amides is 1. The van der Waals surface area contributed by atoms with Crippen molar-refractivity contribution in [2.45, 2.75) is 6.54 Å². The van der Waals surface area contributed by atoms with Gasteiger partial charge in [0.05, 0.1) is 6.54 Å². The van der Waals surface area contributed by atoms with Gasteiger partial charge in [-0.05, 0) is 41.5 Å². The van der Waals surface area contributed by atoms with E-state index in [0.29, 0.717) is 27.2 Å². The van der Waals surface area contributed by atoms with Crippen LogP contribution in [0.5, 0.6) is 0 Å². The zero-order valence-corrected chi connectivity index (χ0v) is 16.1. The summed E-state index contributed by atoms with van der Waals surface area (Å²) in [5, 5.41) is 8.21. The first-order chi connectivity index (χ1) is 12.9. The molecule has 0 unspecified atom stereocenters. The SMILES string of the molecule is O=C(/C=C/c1ccc(F)cc1)Nc1nn(Cc2ccc(Cl)cc2Cl)cc1Cl. The summed E-state index contributed by atoms with van der Waals surface area (Å²) >= 11 is 18.2. The van der Waals surface area contributed by atoms with Crippen LogP contribution in [0.1, 0.15) is 11.1 Å². The molecule has 0 aliphatic carbocycles. The van der Waals surface area contributed by atoms with Gasteiger partial charge in [0.2, 0.25) is 5.91 Å². The Labute approximate surface area is 170 Å². The highest BCUT2D eigenvalue weighted by molar-refractivity contribution is 6.35. The number of aromatic nitrogens is 2. The summed E-state index contributed by atoms with van der Waals surface area (Å²) in [6, 6.07) is 10.9. The number of carbonyl (C=O) groups is 1. The maximum absolute atomic E-state index is 12.9. The Morgan fingerprint density at radius 3 is 2.56 bits per heavy atom. The van der Waals surface area contributed by atoms with Gasteiger partial charge in [0, 0.05) is 22.3 Å². The molecule has 27 heavy (non-hydrogen) atoms. The summed E-state index contributed by atoms with van der Waals surface area (Å²) in [7, 11) is 0. The highest BCUT2D eigenvalue weighted by Crippen LogP contribution is 2.24. The minimum atomic E-state index is -0.406. The van der Waals surface area contributed by atoms with Crippen LogP contribution < -0.4 is 5.32 Å². The Hall–Kier alpha value is -2.34. The first kappa shape index (κ1) is 19.4. The molecule has 3 rings (SSSR count). The fourth-order valence-corrected chi connectivity index (χ4v) is 2.96. The average Bonchev–Trinajstić information content (AvgIpc) is 2.96. The third-order valence-electron chi connectivity index (χ3n) is 3.60. The molecule has 0 saturated heterocycles. The second kappa shape index (κ2) is 8.57. The lowest BCUT2D eigenvalue weighted by atomic mass is 10.2. The molecule has 1 aromatic heterocycles. The van der Waals surface area contributed by atoms with Crippen molar-refractivity contribution in [3.63, 3.8) is 0 Å². The lowest BCUT2D eigenvalue weighted by Gasteiger charge is -2.05. The summed E-state index contributed by atoms with van der Waals surface area (Å²) in [4.78, 5) is 12.0. The van der Waals surface area contributed by atoms with Crippen LogP contribution in [0.25, 0.3) is 6.08 Å². The quantitative estimate of drug-likeness (QED) is 0.535. The zero-order chi connectivity index (χ0) is 19.4. The predicted octanol–water partition coefficient (Wildman–Crippen LogP) is 5.68. The molecular formula is C19H13Cl3FN3O. The van der Waals surface area contributed by atoms with Gasteiger partial charge in [-0.15, -0.1) is 0 Å². The lowest BCUT2D eigenvalue weighted by molar-refractivity contribution is -0.111. The van der Waals surface area contributed by atoms with E-state index in [1.165, 1.54) is 18.2 Å². The molecule has 2 aromatic carbocycles. The van der Waals surface area contributed by atoms with Crippen molar-refractivity contribution in [2.75, 3.05) is 5.32 Å². The number of anilines is 1. The van der Waals surface area contributed by atoms with E-state index in [9.17, 15) is 9.18 Å². The van der Waals surface area contributed by atoms with Crippen molar-refractivity contribution < 1.29 is 9.18 Å². The normalized spacial score (nSPS) is 11.1. The highest BCUT2D eigenvalue weighted by Gasteiger charge is 2.11. The molecular weight excluding hydrogens is 412 g/mol. The summed E-state index contributed by atoms with van der Waals surface area (Å²) in [5.74, 6) is -0.513. The average molecular weight is 425 g/mol. The third kappa shape index (κ3) is 5.32. The Kier molecular flexibility index (Phi) is 6.16. The second-order valence-electron chi connectivity index (χ2n) is 5.63. The number of hydrogen-bond donors (Lipinski definition) is 1. The van der Waals surface area contributed by atoms with Crippen molar-refractivity contribution in [3.8, 4) is 0 Å². The molecule has 0 fully saturated rings. The van der Waals surface area contributed by atoms with E-state index in [1.807, 2.05) is 0 Å². The Bertz CT molecular complexity index is 1000. The molecule has 1 N–H and O–H groups in total. The van der Waals surface area contributed by atoms with Crippen LogP contribution in [-0.2, 0) is 11.3 Å². The third-order valence-corrected chi connectivity index (χ3v) is 4.47. The van der Waals surface area contributed by atoms with Gasteiger partial charge in [-0.2, -0.15) is 5.10 Å². The van der Waals surface area contributed by atoms with Gasteiger partial charge in [0.25, 0.3) is 0 Å². The molecule has 3 aromatic rings. The van der Waals surface area contributed by atoms with Crippen molar-refractivity contribution >= 4 is 52.6 Å². The molecule has 0 aliphatic rings. The molecule has 138 valence electrons. The standard InChI is InChI=1S/C19H13Cl3FN3O/c20-14-5-4-13(16(21)9-14)10-26-11-17(22)19(25-26)24-18(27)8-3-12-1-6-15(23)7-2-12/h1-9,11H,10H2,(H,24,25,27)/b8-3+. The van der Waals surface area contributed by atoms with Gasteiger partial charge in [-0.3, -0.25) is 9.48 Å². The molecule has 0 bridgehead atoms. The van der Waals surface area contributed by atoms with Gasteiger partial charge in [-0.1, -0.05) is 53.0 Å². The molecule has 0 spiro atoms. The molecule has 0 atom stereocenters. The zero-order valence-electron chi connectivity index (χ0n) is 13.8. The second-order valence-corrected chi connectivity index (χ2v) is 6.88. The molecule has 0 radical (unpaired) electrons. The highest BCUT2D eigenvalue weighted by atomic mass is 35.5. The van der Waals surface area contributed by atoms with E-state index in [2.05, 4.69) is 10.4 Å². The van der Waals surface area contributed by atoms with E-state index in [0.717, 1.165) is 5.56 Å². The number of halogens is 4. The fourth-order valence-electron chi connectivity index (χ4n) is 2.29. The van der Waals surface area contributed by atoms with Crippen LogP contribution >= 0.6 is 34.8 Å². The van der Waals surface area contributed by atoms with Gasteiger partial charge in [0.1, 0.15) is 10.8 Å². The fraction of sp³-hybridized carbons (Fsp3) is 0.0526. The van der Waals surface area contributed by atoms with Crippen LogP contribution in [0, 0.1) is 5.82 Å². The lowest BCUT2D eigenvalue weighted by Crippen LogP contribution is -2.09. The van der Waals surface area contributed by atoms with Gasteiger partial charge in [0.15, 0.2) is 5.82 Å². The maximum atomic E-state index is 12.9. The largest absolute Gasteiger partial charge is 0.304 e. The van der Waals surface area contributed by atoms with Crippen LogP contribution in [0.3, 0.4) is 0 Å². The first-order valence-corrected chi connectivity index (χ1v) is 8.95. The van der Waals surface area contributed by atoms with Crippen molar-refractivity contribution in [1.29, 1.82) is 0 Å². The Balaban J connectivity index is 1.67. The molecule has 1 heterocycles. The van der Waals surface area contributed by atoms with E-state index in [4.69, 9.17) is 34.8 Å². The Morgan fingerprint density at radius 1 is 1.11 bits per heavy atom.